The number of carbonyl (C=O) groups excluding carboxylic acids is 4. The van der Waals surface area contributed by atoms with Gasteiger partial charge < -0.3 is 30.6 Å². The van der Waals surface area contributed by atoms with Gasteiger partial charge >= 0.3 is 11.8 Å². The van der Waals surface area contributed by atoms with E-state index in [4.69, 9.17) is 4.74 Å². The minimum atomic E-state index is -1.73. The number of aliphatic hydroxyl groups is 1. The van der Waals surface area contributed by atoms with Crippen LogP contribution in [0.25, 0.3) is 0 Å². The average Bonchev–Trinajstić information content (AvgIpc) is 2.87. The van der Waals surface area contributed by atoms with Crippen molar-refractivity contribution < 1.29 is 46.6 Å². The second-order valence-electron chi connectivity index (χ2n) is 8.68. The zero-order chi connectivity index (χ0) is 28.6. The van der Waals surface area contributed by atoms with Crippen molar-refractivity contribution in [1.29, 1.82) is 0 Å². The molecule has 13 heteroatoms. The standard InChI is InChI=1S/C25H27F4N3O6/c1-13-5-4-6-15(26)21(13)31-23(36)24(37)32-25(3,12-34)11-30-18(7-8-33)19(35)10-38-22-14(2)16(27)9-17(28)20(22)29/h4-6,9,12,18,30,33H,7-8,10-11H2,1-3H3,(H,31,36)(H,32,37)/t18-,25+/m0/s1. The quantitative estimate of drug-likeness (QED) is 0.140. The lowest BCUT2D eigenvalue weighted by atomic mass is 10.0. The van der Waals surface area contributed by atoms with Gasteiger partial charge in [0.2, 0.25) is 5.82 Å². The molecular weight excluding hydrogens is 514 g/mol. The predicted molar refractivity (Wildman–Crippen MR) is 127 cm³/mol. The van der Waals surface area contributed by atoms with Crippen LogP contribution in [0.3, 0.4) is 0 Å². The normalized spacial score (nSPS) is 13.3. The van der Waals surface area contributed by atoms with Gasteiger partial charge in [0.15, 0.2) is 17.3 Å². The van der Waals surface area contributed by atoms with Crippen molar-refractivity contribution in [3.8, 4) is 5.75 Å². The van der Waals surface area contributed by atoms with Crippen LogP contribution in [0.5, 0.6) is 5.75 Å². The molecule has 0 aliphatic rings. The van der Waals surface area contributed by atoms with Gasteiger partial charge in [-0.1, -0.05) is 12.1 Å². The molecule has 2 aromatic rings. The molecule has 0 saturated heterocycles. The third-order valence-electron chi connectivity index (χ3n) is 5.57. The van der Waals surface area contributed by atoms with Gasteiger partial charge in [-0.15, -0.1) is 0 Å². The topological polar surface area (TPSA) is 134 Å². The number of aliphatic hydroxyl groups excluding tert-OH is 1. The summed E-state index contributed by atoms with van der Waals surface area (Å²) in [5, 5.41) is 16.3. The van der Waals surface area contributed by atoms with Gasteiger partial charge in [0.1, 0.15) is 30.1 Å². The number of carbonyl (C=O) groups is 4. The van der Waals surface area contributed by atoms with Gasteiger partial charge in [-0.3, -0.25) is 14.4 Å². The number of aryl methyl sites for hydroxylation is 1. The second-order valence-corrected chi connectivity index (χ2v) is 8.68. The lowest BCUT2D eigenvalue weighted by Crippen LogP contribution is -2.58. The van der Waals surface area contributed by atoms with E-state index < -0.39 is 78.0 Å². The van der Waals surface area contributed by atoms with Crippen LogP contribution in [0.1, 0.15) is 24.5 Å². The van der Waals surface area contributed by atoms with Crippen LogP contribution in [0, 0.1) is 37.1 Å². The zero-order valence-corrected chi connectivity index (χ0v) is 20.8. The minimum absolute atomic E-state index is 0.197. The summed E-state index contributed by atoms with van der Waals surface area (Å²) in [5.41, 5.74) is -1.95. The first kappa shape index (κ1) is 30.4. The monoisotopic (exact) mass is 541 g/mol. The van der Waals surface area contributed by atoms with Crippen LogP contribution >= 0.6 is 0 Å². The number of ketones is 1. The number of amides is 2. The number of para-hydroxylation sites is 1. The number of anilines is 1. The molecule has 9 nitrogen and oxygen atoms in total. The van der Waals surface area contributed by atoms with E-state index in [1.165, 1.54) is 26.0 Å². The highest BCUT2D eigenvalue weighted by atomic mass is 19.2. The molecule has 4 N–H and O–H groups in total. The number of halogens is 4. The number of ether oxygens (including phenoxy) is 1. The Morgan fingerprint density at radius 2 is 1.76 bits per heavy atom. The number of hydrogen-bond acceptors (Lipinski definition) is 7. The maximum atomic E-state index is 14.0. The first-order chi connectivity index (χ1) is 17.8. The highest BCUT2D eigenvalue weighted by Gasteiger charge is 2.31. The lowest BCUT2D eigenvalue weighted by molar-refractivity contribution is -0.138. The first-order valence-corrected chi connectivity index (χ1v) is 11.3. The predicted octanol–water partition coefficient (Wildman–Crippen LogP) is 1.86. The van der Waals surface area contributed by atoms with Crippen molar-refractivity contribution >= 4 is 29.6 Å². The molecule has 2 atom stereocenters. The molecule has 0 fully saturated rings. The summed E-state index contributed by atoms with van der Waals surface area (Å²) in [5.74, 6) is -8.91. The Balaban J connectivity index is 2.04. The summed E-state index contributed by atoms with van der Waals surface area (Å²) in [7, 11) is 0. The van der Waals surface area contributed by atoms with Gasteiger partial charge in [0.25, 0.3) is 0 Å². The van der Waals surface area contributed by atoms with Crippen molar-refractivity contribution in [2.75, 3.05) is 25.1 Å². The maximum Gasteiger partial charge on any atom is 0.313 e. The molecule has 206 valence electrons. The molecule has 0 radical (unpaired) electrons. The molecule has 0 aliphatic carbocycles. The SMILES string of the molecule is Cc1cccc(F)c1NC(=O)C(=O)N[C@@](C)(C=O)CN[C@@H](CCO)C(=O)COc1c(C)c(F)cc(F)c1F. The van der Waals surface area contributed by atoms with Gasteiger partial charge in [-0.05, 0) is 38.8 Å². The number of Topliss-reactive ketones (excluding diaryl/α,β-unsaturated/α-hetero) is 1. The molecule has 2 rings (SSSR count). The zero-order valence-electron chi connectivity index (χ0n) is 20.8. The Morgan fingerprint density at radius 1 is 1.08 bits per heavy atom. The Hall–Kier alpha value is -3.84. The Morgan fingerprint density at radius 3 is 2.37 bits per heavy atom. The van der Waals surface area contributed by atoms with Gasteiger partial charge in [-0.25, -0.2) is 13.2 Å². The molecule has 0 aliphatic heterocycles. The van der Waals surface area contributed by atoms with E-state index in [1.54, 1.807) is 0 Å². The number of aldehydes is 1. The summed E-state index contributed by atoms with van der Waals surface area (Å²) in [6.45, 7) is 2.12. The molecule has 0 saturated carbocycles. The van der Waals surface area contributed by atoms with Crippen molar-refractivity contribution in [3.63, 3.8) is 0 Å². The number of rotatable bonds is 12. The summed E-state index contributed by atoms with van der Waals surface area (Å²) < 4.78 is 60.2. The van der Waals surface area contributed by atoms with Crippen LogP contribution in [-0.4, -0.2) is 60.3 Å². The lowest BCUT2D eigenvalue weighted by Gasteiger charge is -2.27. The van der Waals surface area contributed by atoms with Gasteiger partial charge in [-0.2, -0.15) is 4.39 Å². The number of nitrogens with one attached hydrogen (secondary N) is 3. The molecule has 38 heavy (non-hydrogen) atoms. The Kier molecular flexibility index (Phi) is 10.5. The fourth-order valence-corrected chi connectivity index (χ4v) is 3.31. The van der Waals surface area contributed by atoms with E-state index in [0.29, 0.717) is 17.9 Å². The van der Waals surface area contributed by atoms with E-state index >= 15 is 0 Å². The average molecular weight is 541 g/mol. The highest BCUT2D eigenvalue weighted by molar-refractivity contribution is 6.40. The maximum absolute atomic E-state index is 14.0. The van der Waals surface area contributed by atoms with Gasteiger partial charge in [0.05, 0.1) is 11.7 Å². The summed E-state index contributed by atoms with van der Waals surface area (Å²) in [4.78, 5) is 49.0. The fourth-order valence-electron chi connectivity index (χ4n) is 3.31. The fraction of sp³-hybridized carbons (Fsp3) is 0.360. The van der Waals surface area contributed by atoms with Crippen LogP contribution in [0.2, 0.25) is 0 Å². The summed E-state index contributed by atoms with van der Waals surface area (Å²) in [6, 6.07) is 3.16. The highest BCUT2D eigenvalue weighted by Crippen LogP contribution is 2.27. The van der Waals surface area contributed by atoms with Crippen LogP contribution in [0.4, 0.5) is 23.2 Å². The van der Waals surface area contributed by atoms with Crippen LogP contribution < -0.4 is 20.7 Å². The van der Waals surface area contributed by atoms with Crippen molar-refractivity contribution in [3.05, 3.63) is 58.7 Å². The third-order valence-corrected chi connectivity index (χ3v) is 5.57. The second kappa shape index (κ2) is 13.1. The number of benzene rings is 2. The van der Waals surface area contributed by atoms with E-state index in [2.05, 4.69) is 16.0 Å². The minimum Gasteiger partial charge on any atom is -0.482 e. The molecule has 0 aromatic heterocycles. The van der Waals surface area contributed by atoms with Crippen molar-refractivity contribution in [1.82, 2.24) is 10.6 Å². The van der Waals surface area contributed by atoms with Crippen LogP contribution in [0.15, 0.2) is 24.3 Å². The molecule has 2 aromatic carbocycles. The van der Waals surface area contributed by atoms with E-state index in [1.807, 2.05) is 0 Å². The van der Waals surface area contributed by atoms with Crippen molar-refractivity contribution in [2.45, 2.75) is 38.8 Å². The molecule has 0 heterocycles. The molecule has 0 bridgehead atoms. The van der Waals surface area contributed by atoms with Gasteiger partial charge in [0, 0.05) is 24.8 Å². The van der Waals surface area contributed by atoms with Crippen LogP contribution in [-0.2, 0) is 19.2 Å². The van der Waals surface area contributed by atoms with E-state index in [9.17, 15) is 41.8 Å². The smallest absolute Gasteiger partial charge is 0.313 e. The van der Waals surface area contributed by atoms with Crippen molar-refractivity contribution in [2.24, 2.45) is 0 Å². The number of hydrogen-bond donors (Lipinski definition) is 4. The third kappa shape index (κ3) is 7.59. The molecule has 2 amide bonds. The van der Waals surface area contributed by atoms with E-state index in [0.717, 1.165) is 13.0 Å². The van der Waals surface area contributed by atoms with E-state index in [-0.39, 0.29) is 17.7 Å². The molecule has 0 unspecified atom stereocenters. The Labute approximate surface area is 215 Å². The largest absolute Gasteiger partial charge is 0.482 e. The molecule has 0 spiro atoms. The summed E-state index contributed by atoms with van der Waals surface area (Å²) in [6.07, 6.45) is 0.0991. The Bertz CT molecular complexity index is 1180. The summed E-state index contributed by atoms with van der Waals surface area (Å²) >= 11 is 0. The molecular formula is C25H27F4N3O6. The first-order valence-electron chi connectivity index (χ1n) is 11.3.